The number of carbonyl (C=O) groups is 2. The molecule has 136 valence electrons. The van der Waals surface area contributed by atoms with Gasteiger partial charge in [0.2, 0.25) is 0 Å². The van der Waals surface area contributed by atoms with E-state index in [0.717, 1.165) is 25.1 Å². The first kappa shape index (κ1) is 17.7. The second-order valence-electron chi connectivity index (χ2n) is 7.71. The third-order valence-electron chi connectivity index (χ3n) is 5.75. The Hall–Kier alpha value is -2.08. The number of benzene rings is 1. The van der Waals surface area contributed by atoms with E-state index in [1.807, 2.05) is 60.1 Å². The number of anilines is 1. The summed E-state index contributed by atoms with van der Waals surface area (Å²) in [5.41, 5.74) is 1.77. The Morgan fingerprint density at radius 1 is 1.24 bits per heavy atom. The lowest BCUT2D eigenvalue weighted by Gasteiger charge is -2.39. The molecule has 1 N–H and O–H groups in total. The topological polar surface area (TPSA) is 64.1 Å². The van der Waals surface area contributed by atoms with Gasteiger partial charge in [0.05, 0.1) is 0 Å². The Balaban J connectivity index is 1.66. The van der Waals surface area contributed by atoms with Gasteiger partial charge in [-0.25, -0.2) is 0 Å². The summed E-state index contributed by atoms with van der Waals surface area (Å²) in [7, 11) is 5.81. The molecule has 1 amide bonds. The molecule has 2 fully saturated rings. The van der Waals surface area contributed by atoms with Gasteiger partial charge in [-0.05, 0) is 49.9 Å². The van der Waals surface area contributed by atoms with Crippen LogP contribution >= 0.6 is 0 Å². The van der Waals surface area contributed by atoms with Crippen LogP contribution in [-0.4, -0.2) is 73.6 Å². The van der Waals surface area contributed by atoms with E-state index in [4.69, 9.17) is 0 Å². The molecular weight excluding hydrogens is 318 g/mol. The van der Waals surface area contributed by atoms with Crippen LogP contribution in [0.3, 0.4) is 0 Å². The Bertz CT molecular complexity index is 666. The molecule has 3 rings (SSSR count). The van der Waals surface area contributed by atoms with Crippen molar-refractivity contribution < 1.29 is 14.7 Å². The number of carboxylic acid groups (broad SMARTS) is 1. The summed E-state index contributed by atoms with van der Waals surface area (Å²) >= 11 is 0. The summed E-state index contributed by atoms with van der Waals surface area (Å²) in [5, 5.41) is 9.35. The largest absolute Gasteiger partial charge is 0.480 e. The number of nitrogens with zero attached hydrogens (tertiary/aromatic N) is 3. The van der Waals surface area contributed by atoms with Crippen molar-refractivity contribution in [1.82, 2.24) is 9.80 Å². The van der Waals surface area contributed by atoms with Crippen LogP contribution in [-0.2, 0) is 4.79 Å². The molecule has 1 atom stereocenters. The first-order valence-electron chi connectivity index (χ1n) is 8.81. The van der Waals surface area contributed by atoms with E-state index in [0.29, 0.717) is 25.1 Å². The van der Waals surface area contributed by atoms with Crippen LogP contribution in [0, 0.1) is 5.41 Å². The number of rotatable bonds is 3. The van der Waals surface area contributed by atoms with Gasteiger partial charge in [-0.1, -0.05) is 6.07 Å². The van der Waals surface area contributed by atoms with E-state index in [1.54, 1.807) is 0 Å². The Morgan fingerprint density at radius 2 is 1.92 bits per heavy atom. The fraction of sp³-hybridized carbons (Fsp3) is 0.579. The number of carboxylic acids is 1. The normalized spacial score (nSPS) is 23.0. The molecule has 0 aromatic heterocycles. The second kappa shape index (κ2) is 6.67. The number of piperidine rings is 1. The van der Waals surface area contributed by atoms with Crippen molar-refractivity contribution in [1.29, 1.82) is 0 Å². The Labute approximate surface area is 149 Å². The molecule has 6 heteroatoms. The third kappa shape index (κ3) is 3.49. The number of hydrogen-bond acceptors (Lipinski definition) is 4. The zero-order chi connectivity index (χ0) is 18.2. The van der Waals surface area contributed by atoms with Crippen molar-refractivity contribution in [2.45, 2.75) is 25.3 Å². The first-order valence-corrected chi connectivity index (χ1v) is 8.81. The van der Waals surface area contributed by atoms with Crippen LogP contribution < -0.4 is 4.90 Å². The van der Waals surface area contributed by atoms with Gasteiger partial charge in [0.25, 0.3) is 5.91 Å². The van der Waals surface area contributed by atoms with E-state index >= 15 is 0 Å². The summed E-state index contributed by atoms with van der Waals surface area (Å²) in [4.78, 5) is 30.0. The third-order valence-corrected chi connectivity index (χ3v) is 5.75. The maximum Gasteiger partial charge on any atom is 0.320 e. The monoisotopic (exact) mass is 345 g/mol. The van der Waals surface area contributed by atoms with Gasteiger partial charge in [-0.15, -0.1) is 0 Å². The fourth-order valence-electron chi connectivity index (χ4n) is 4.19. The Kier molecular flexibility index (Phi) is 4.73. The van der Waals surface area contributed by atoms with E-state index in [9.17, 15) is 14.7 Å². The van der Waals surface area contributed by atoms with Crippen molar-refractivity contribution in [3.63, 3.8) is 0 Å². The molecule has 2 saturated heterocycles. The quantitative estimate of drug-likeness (QED) is 0.904. The minimum Gasteiger partial charge on any atom is -0.480 e. The summed E-state index contributed by atoms with van der Waals surface area (Å²) in [6.07, 6.45) is 2.44. The molecule has 6 nitrogen and oxygen atoms in total. The molecule has 1 spiro atoms. The predicted octanol–water partition coefficient (Wildman–Crippen LogP) is 1.76. The van der Waals surface area contributed by atoms with Gasteiger partial charge in [0.1, 0.15) is 6.04 Å². The lowest BCUT2D eigenvalue weighted by Crippen LogP contribution is -2.44. The molecule has 0 bridgehead atoms. The average molecular weight is 345 g/mol. The summed E-state index contributed by atoms with van der Waals surface area (Å²) in [6, 6.07) is 7.30. The molecule has 1 aromatic rings. The number of carbonyl (C=O) groups excluding carboxylic acids is 1. The highest BCUT2D eigenvalue weighted by Crippen LogP contribution is 2.43. The van der Waals surface area contributed by atoms with Gasteiger partial charge in [-0.3, -0.25) is 14.5 Å². The van der Waals surface area contributed by atoms with Crippen LogP contribution in [0.1, 0.15) is 29.6 Å². The van der Waals surface area contributed by atoms with Crippen LogP contribution in [0.25, 0.3) is 0 Å². The lowest BCUT2D eigenvalue weighted by atomic mass is 9.76. The fourth-order valence-corrected chi connectivity index (χ4v) is 4.19. The molecule has 0 unspecified atom stereocenters. The minimum atomic E-state index is -0.738. The average Bonchev–Trinajstić information content (AvgIpc) is 2.91. The number of hydrogen-bond donors (Lipinski definition) is 1. The van der Waals surface area contributed by atoms with E-state index in [-0.39, 0.29) is 17.4 Å². The highest BCUT2D eigenvalue weighted by molar-refractivity contribution is 5.95. The highest BCUT2D eigenvalue weighted by Gasteiger charge is 2.47. The zero-order valence-electron chi connectivity index (χ0n) is 15.2. The molecule has 1 aromatic carbocycles. The summed E-state index contributed by atoms with van der Waals surface area (Å²) in [6.45, 7) is 2.21. The molecule has 0 aliphatic carbocycles. The molecule has 0 radical (unpaired) electrons. The van der Waals surface area contributed by atoms with Crippen LogP contribution in [0.4, 0.5) is 5.69 Å². The van der Waals surface area contributed by atoms with E-state index in [2.05, 4.69) is 0 Å². The molecule has 2 aliphatic rings. The molecule has 2 heterocycles. The van der Waals surface area contributed by atoms with E-state index < -0.39 is 5.97 Å². The Morgan fingerprint density at radius 3 is 2.48 bits per heavy atom. The number of aliphatic carboxylic acids is 1. The first-order chi connectivity index (χ1) is 11.8. The number of likely N-dealkylation sites (N-methyl/N-ethyl adjacent to an activating group) is 1. The summed E-state index contributed by atoms with van der Waals surface area (Å²) < 4.78 is 0. The van der Waals surface area contributed by atoms with Gasteiger partial charge in [0, 0.05) is 45.0 Å². The van der Waals surface area contributed by atoms with Crippen molar-refractivity contribution in [2.75, 3.05) is 45.7 Å². The molecule has 2 aliphatic heterocycles. The zero-order valence-corrected chi connectivity index (χ0v) is 15.2. The number of amides is 1. The number of likely N-dealkylation sites (tertiary alicyclic amines) is 2. The van der Waals surface area contributed by atoms with Gasteiger partial charge in [-0.2, -0.15) is 0 Å². The minimum absolute atomic E-state index is 0.0417. The van der Waals surface area contributed by atoms with Crippen LogP contribution in [0.5, 0.6) is 0 Å². The van der Waals surface area contributed by atoms with Crippen LogP contribution in [0.2, 0.25) is 0 Å². The smallest absolute Gasteiger partial charge is 0.320 e. The molecule has 0 saturated carbocycles. The van der Waals surface area contributed by atoms with Gasteiger partial charge in [0.15, 0.2) is 0 Å². The molecule has 25 heavy (non-hydrogen) atoms. The molecular formula is C19H27N3O3. The highest BCUT2D eigenvalue weighted by atomic mass is 16.4. The summed E-state index contributed by atoms with van der Waals surface area (Å²) in [5.74, 6) is -0.668. The standard InChI is InChI=1S/C19H27N3O3/c1-20(2)15-6-4-5-14(11-15)17(23)22-9-7-19(8-10-22)12-16(18(24)25)21(3)13-19/h4-6,11,16H,7-10,12-13H2,1-3H3,(H,24,25)/t16-/m1/s1. The second-order valence-corrected chi connectivity index (χ2v) is 7.71. The van der Waals surface area contributed by atoms with Gasteiger partial charge < -0.3 is 14.9 Å². The maximum atomic E-state index is 12.8. The van der Waals surface area contributed by atoms with Crippen molar-refractivity contribution in [3.8, 4) is 0 Å². The van der Waals surface area contributed by atoms with Crippen molar-refractivity contribution >= 4 is 17.6 Å². The lowest BCUT2D eigenvalue weighted by molar-refractivity contribution is -0.141. The van der Waals surface area contributed by atoms with Gasteiger partial charge >= 0.3 is 5.97 Å². The predicted molar refractivity (Wildman–Crippen MR) is 97.0 cm³/mol. The maximum absolute atomic E-state index is 12.8. The van der Waals surface area contributed by atoms with Crippen LogP contribution in [0.15, 0.2) is 24.3 Å². The SMILES string of the molecule is CN(C)c1cccc(C(=O)N2CCC3(CC2)C[C@H](C(=O)O)N(C)C3)c1. The van der Waals surface area contributed by atoms with E-state index in [1.165, 1.54) is 0 Å². The van der Waals surface area contributed by atoms with Crippen molar-refractivity contribution in [2.24, 2.45) is 5.41 Å². The van der Waals surface area contributed by atoms with Crippen molar-refractivity contribution in [3.05, 3.63) is 29.8 Å².